The Morgan fingerprint density at radius 1 is 0.396 bits per heavy atom. The van der Waals surface area contributed by atoms with Crippen LogP contribution in [0.4, 0.5) is 0 Å². The molecule has 0 unspecified atom stereocenters. The molecule has 0 aromatic heterocycles. The van der Waals surface area contributed by atoms with Gasteiger partial charge in [-0.15, -0.1) is 0 Å². The van der Waals surface area contributed by atoms with Gasteiger partial charge in [0, 0.05) is 0 Å². The van der Waals surface area contributed by atoms with Crippen molar-refractivity contribution in [2.75, 3.05) is 0 Å². The van der Waals surface area contributed by atoms with Gasteiger partial charge < -0.3 is 0 Å². The molecule has 282 valence electrons. The van der Waals surface area contributed by atoms with E-state index in [1.54, 1.807) is 0 Å². The molecule has 3 aliphatic rings. The first-order valence-electron chi connectivity index (χ1n) is 18.0. The summed E-state index contributed by atoms with van der Waals surface area (Å²) in [5.41, 5.74) is 0.399. The van der Waals surface area contributed by atoms with Crippen molar-refractivity contribution in [2.45, 2.75) is 197 Å². The monoisotopic (exact) mass is 1270 g/mol. The van der Waals surface area contributed by atoms with Crippen molar-refractivity contribution >= 4 is 130 Å². The summed E-state index contributed by atoms with van der Waals surface area (Å²) in [5.74, 6) is 0. The molecule has 0 bridgehead atoms. The van der Waals surface area contributed by atoms with Gasteiger partial charge in [0.05, 0.1) is 0 Å². The van der Waals surface area contributed by atoms with Crippen molar-refractivity contribution in [1.29, 1.82) is 0 Å². The summed E-state index contributed by atoms with van der Waals surface area (Å²) in [6.07, 6.45) is 0. The molecule has 3 fully saturated rings. The molecule has 0 saturated carbocycles. The van der Waals surface area contributed by atoms with Crippen LogP contribution in [0.2, 0.25) is 39.3 Å². The van der Waals surface area contributed by atoms with E-state index >= 15 is 0 Å². The molecule has 3 heterocycles. The summed E-state index contributed by atoms with van der Waals surface area (Å²) < 4.78 is 46.9. The third kappa shape index (κ3) is 8.71. The Bertz CT molecular complexity index is 1040. The fraction of sp³-hybridized carbons (Fsp3) is 1.00. The van der Waals surface area contributed by atoms with Gasteiger partial charge in [0.1, 0.15) is 0 Å². The number of hydrogen-bond donors (Lipinski definition) is 0. The maximum atomic E-state index is 7.57. The molecule has 0 aliphatic carbocycles. The van der Waals surface area contributed by atoms with Gasteiger partial charge in [-0.2, -0.15) is 0 Å². The van der Waals surface area contributed by atoms with E-state index in [0.29, 0.717) is 0 Å². The average molecular weight is 1260 g/mol. The van der Waals surface area contributed by atoms with E-state index in [4.69, 9.17) is 5.65 Å². The van der Waals surface area contributed by atoms with Crippen LogP contribution in [-0.2, 0) is 5.65 Å². The van der Waals surface area contributed by atoms with Crippen LogP contribution >= 0.6 is 0 Å². The molecule has 0 spiro atoms. The maximum absolute atomic E-state index is 7.57. The van der Waals surface area contributed by atoms with Crippen molar-refractivity contribution in [1.82, 2.24) is 16.7 Å². The Morgan fingerprint density at radius 2 is 0.625 bits per heavy atom. The van der Waals surface area contributed by atoms with Crippen LogP contribution in [0.25, 0.3) is 0 Å². The van der Waals surface area contributed by atoms with Crippen LogP contribution in [0.3, 0.4) is 0 Å². The van der Waals surface area contributed by atoms with Crippen LogP contribution in [0, 0.1) is 0 Å². The van der Waals surface area contributed by atoms with E-state index in [1.807, 2.05) is 0 Å². The zero-order valence-electron chi connectivity index (χ0n) is 35.6. The summed E-state index contributed by atoms with van der Waals surface area (Å²) >= 11 is -13.4. The summed E-state index contributed by atoms with van der Waals surface area (Å²) in [6.45, 7) is 58.0. The summed E-state index contributed by atoms with van der Waals surface area (Å²) in [5, 5.41) is 0. The minimum absolute atomic E-state index is 0.0358. The second kappa shape index (κ2) is 14.6. The van der Waals surface area contributed by atoms with Crippen molar-refractivity contribution in [2.24, 2.45) is 0 Å². The summed E-state index contributed by atoms with van der Waals surface area (Å²) in [7, 11) is -5.53. The van der Waals surface area contributed by atoms with Gasteiger partial charge in [-0.1, -0.05) is 0 Å². The fourth-order valence-corrected chi connectivity index (χ4v) is 149. The summed E-state index contributed by atoms with van der Waals surface area (Å²) in [6, 6.07) is 0. The average Bonchev–Trinajstić information content (AvgIpc) is 2.69. The molecule has 3 rings (SSSR count). The van der Waals surface area contributed by atoms with E-state index in [-0.39, 0.29) is 33.2 Å². The molecule has 48 heavy (non-hydrogen) atoms. The Hall–Kier alpha value is 4.24. The van der Waals surface area contributed by atoms with Crippen molar-refractivity contribution in [3.05, 3.63) is 0 Å². The standard InChI is InChI=1S/3C10H24N2Si.4O.5Sn.4H/c3*1-9(2,3)11-13(7,8)12-10(4,5)6;;;;;;;;;;;;;/h3*1-8H3;;;;;;;;;;;;;/q3*-2;;;;;;;3*+2;;;;. The molecular weight excluding hydrogens is 1190 g/mol. The second-order valence-electron chi connectivity index (χ2n) is 21.6. The van der Waals surface area contributed by atoms with E-state index < -0.39 is 130 Å². The van der Waals surface area contributed by atoms with Crippen molar-refractivity contribution < 1.29 is 5.65 Å². The number of rotatable bonds is 8. The van der Waals surface area contributed by atoms with Gasteiger partial charge in [0.25, 0.3) is 0 Å². The molecule has 0 aromatic rings. The first-order valence-corrected chi connectivity index (χ1v) is 45.5. The van der Waals surface area contributed by atoms with E-state index in [2.05, 4.69) is 181 Å². The molecule has 0 atom stereocenters. The molecule has 18 heteroatoms. The zero-order chi connectivity index (χ0) is 37.9. The molecule has 2 radical (unpaired) electrons. The number of hydrogen-bond acceptors (Lipinski definition) is 10. The van der Waals surface area contributed by atoms with Crippen LogP contribution in [0.1, 0.15) is 125 Å². The summed E-state index contributed by atoms with van der Waals surface area (Å²) in [4.78, 5) is 0. The Morgan fingerprint density at radius 3 is 0.812 bits per heavy atom. The predicted molar refractivity (Wildman–Crippen MR) is 221 cm³/mol. The van der Waals surface area contributed by atoms with Crippen molar-refractivity contribution in [3.63, 3.8) is 0 Å². The molecule has 10 nitrogen and oxygen atoms in total. The van der Waals surface area contributed by atoms with Gasteiger partial charge in [-0.05, 0) is 0 Å². The van der Waals surface area contributed by atoms with Gasteiger partial charge in [-0.3, -0.25) is 0 Å². The molecule has 0 amide bonds. The molecule has 3 saturated heterocycles. The molecule has 0 N–H and O–H groups in total. The second-order valence-corrected chi connectivity index (χ2v) is 80.5. The van der Waals surface area contributed by atoms with Crippen LogP contribution in [0.15, 0.2) is 0 Å². The third-order valence-electron chi connectivity index (χ3n) is 9.89. The fourth-order valence-electron chi connectivity index (χ4n) is 10.1. The van der Waals surface area contributed by atoms with Crippen molar-refractivity contribution in [3.8, 4) is 0 Å². The van der Waals surface area contributed by atoms with E-state index in [0.717, 1.165) is 0 Å². The quantitative estimate of drug-likeness (QED) is 0.304. The Balaban J connectivity index is 2.00. The van der Waals surface area contributed by atoms with E-state index in [1.165, 1.54) is 0 Å². The Labute approximate surface area is 345 Å². The van der Waals surface area contributed by atoms with Gasteiger partial charge in [0.2, 0.25) is 0 Å². The first kappa shape index (κ1) is 46.6. The molecule has 0 aromatic carbocycles. The number of nitrogens with zero attached hydrogens (tertiary/aromatic N) is 6. The van der Waals surface area contributed by atoms with Crippen LogP contribution in [-0.4, -0.2) is 180 Å². The normalized spacial score (nSPS) is 26.0. The van der Waals surface area contributed by atoms with Crippen LogP contribution < -0.4 is 0 Å². The van der Waals surface area contributed by atoms with Crippen LogP contribution in [0.5, 0.6) is 0 Å². The van der Waals surface area contributed by atoms with Gasteiger partial charge >= 0.3 is 350 Å². The molecule has 3 aliphatic heterocycles. The predicted octanol–water partition coefficient (Wildman–Crippen LogP) is 5.21. The topological polar surface area (TPSA) is 56.4 Å². The third-order valence-corrected chi connectivity index (χ3v) is 116. The SMILES string of the molecule is CC(C)(C)[N]1[SnH]([O][SnH][O][Sn]2([O][SnH][O][SnH]3[N](C(C)(C)C)[Si](C)(C)[N]3C(C)(C)C)[N](C(C)(C)C)[Si](C)(C)[N]2C(C)(C)C)[N](C(C)(C)C)[Si]1(C)C. The van der Waals surface area contributed by atoms with Gasteiger partial charge in [0.15, 0.2) is 0 Å². The van der Waals surface area contributed by atoms with E-state index in [9.17, 15) is 0 Å². The van der Waals surface area contributed by atoms with Gasteiger partial charge in [-0.25, -0.2) is 0 Å². The zero-order valence-corrected chi connectivity index (χ0v) is 54.7. The first-order chi connectivity index (χ1) is 20.9. The Kier molecular flexibility index (Phi) is 14.1. The molecular formula is C30H76N6O4Si3Sn5. The minimum atomic E-state index is -4.06.